The van der Waals surface area contributed by atoms with Crippen molar-refractivity contribution in [3.8, 4) is 5.75 Å². The van der Waals surface area contributed by atoms with E-state index in [1.54, 1.807) is 7.11 Å². The van der Waals surface area contributed by atoms with Crippen molar-refractivity contribution in [2.24, 2.45) is 5.92 Å². The average molecular weight is 268 g/mol. The summed E-state index contributed by atoms with van der Waals surface area (Å²) >= 11 is 6.08. The van der Waals surface area contributed by atoms with Crippen molar-refractivity contribution in [3.05, 3.63) is 11.5 Å². The van der Waals surface area contributed by atoms with Crippen LogP contribution >= 0.6 is 11.6 Å². The van der Waals surface area contributed by atoms with E-state index in [0.29, 0.717) is 16.9 Å². The molecule has 2 unspecified atom stereocenters. The minimum Gasteiger partial charge on any atom is -0.490 e. The molecule has 2 fully saturated rings. The lowest BCUT2D eigenvalue weighted by molar-refractivity contribution is 0.339. The van der Waals surface area contributed by atoms with Crippen LogP contribution < -0.4 is 9.64 Å². The second kappa shape index (κ2) is 4.92. The van der Waals surface area contributed by atoms with E-state index in [-0.39, 0.29) is 0 Å². The van der Waals surface area contributed by atoms with Gasteiger partial charge in [0.25, 0.3) is 0 Å². The zero-order valence-electron chi connectivity index (χ0n) is 10.6. The molecular weight excluding hydrogens is 250 g/mol. The van der Waals surface area contributed by atoms with Crippen LogP contribution in [0, 0.1) is 5.92 Å². The molecule has 4 nitrogen and oxygen atoms in total. The summed E-state index contributed by atoms with van der Waals surface area (Å²) in [6, 6.07) is 0.610. The van der Waals surface area contributed by atoms with Crippen molar-refractivity contribution in [1.82, 2.24) is 9.97 Å². The van der Waals surface area contributed by atoms with Crippen LogP contribution in [0.25, 0.3) is 0 Å². The average Bonchev–Trinajstić information content (AvgIpc) is 2.82. The van der Waals surface area contributed by atoms with Gasteiger partial charge in [-0.25, -0.2) is 9.97 Å². The monoisotopic (exact) mass is 267 g/mol. The van der Waals surface area contributed by atoms with E-state index in [9.17, 15) is 0 Å². The third-order valence-electron chi connectivity index (χ3n) is 4.23. The summed E-state index contributed by atoms with van der Waals surface area (Å²) in [5.74, 6) is 2.30. The highest BCUT2D eigenvalue weighted by molar-refractivity contribution is 6.31. The molecule has 0 spiro atoms. The Balaban J connectivity index is 1.93. The molecular formula is C13H18ClN3O. The van der Waals surface area contributed by atoms with Crippen LogP contribution in [0.2, 0.25) is 5.15 Å². The highest BCUT2D eigenvalue weighted by Crippen LogP contribution is 2.42. The van der Waals surface area contributed by atoms with Crippen LogP contribution in [-0.2, 0) is 0 Å². The largest absolute Gasteiger partial charge is 0.490 e. The third-order valence-corrected chi connectivity index (χ3v) is 4.50. The predicted octanol–water partition coefficient (Wildman–Crippen LogP) is 2.91. The van der Waals surface area contributed by atoms with Crippen LogP contribution in [0.3, 0.4) is 0 Å². The van der Waals surface area contributed by atoms with Gasteiger partial charge in [-0.3, -0.25) is 0 Å². The summed E-state index contributed by atoms with van der Waals surface area (Å²) in [7, 11) is 1.63. The molecule has 18 heavy (non-hydrogen) atoms. The highest BCUT2D eigenvalue weighted by atomic mass is 35.5. The molecule has 0 aromatic carbocycles. The number of methoxy groups -OCH3 is 1. The molecule has 1 aliphatic carbocycles. The Morgan fingerprint density at radius 3 is 2.94 bits per heavy atom. The molecule has 1 aromatic rings. The van der Waals surface area contributed by atoms with Crippen molar-refractivity contribution < 1.29 is 4.74 Å². The minimum atomic E-state index is 0.404. The van der Waals surface area contributed by atoms with Crippen molar-refractivity contribution in [1.29, 1.82) is 0 Å². The van der Waals surface area contributed by atoms with Crippen molar-refractivity contribution >= 4 is 17.4 Å². The highest BCUT2D eigenvalue weighted by Gasteiger charge is 2.37. The molecule has 1 aliphatic heterocycles. The third kappa shape index (κ3) is 1.92. The Kier molecular flexibility index (Phi) is 3.29. The molecule has 2 aliphatic rings. The van der Waals surface area contributed by atoms with Gasteiger partial charge in [0.15, 0.2) is 16.7 Å². The van der Waals surface area contributed by atoms with E-state index >= 15 is 0 Å². The van der Waals surface area contributed by atoms with Gasteiger partial charge in [0.05, 0.1) is 7.11 Å². The molecule has 5 heteroatoms. The maximum Gasteiger partial charge on any atom is 0.199 e. The summed E-state index contributed by atoms with van der Waals surface area (Å²) in [5.41, 5.74) is 0. The molecule has 1 aromatic heterocycles. The van der Waals surface area contributed by atoms with E-state index in [2.05, 4.69) is 14.9 Å². The topological polar surface area (TPSA) is 38.3 Å². The van der Waals surface area contributed by atoms with E-state index in [1.165, 1.54) is 38.4 Å². The van der Waals surface area contributed by atoms with E-state index < -0.39 is 0 Å². The lowest BCUT2D eigenvalue weighted by Crippen LogP contribution is -2.35. The Bertz CT molecular complexity index is 440. The number of hydrogen-bond donors (Lipinski definition) is 0. The molecule has 98 valence electrons. The summed E-state index contributed by atoms with van der Waals surface area (Å²) in [5, 5.41) is 0.404. The standard InChI is InChI=1S/C13H18ClN3O/c1-18-11-12(14)15-8-16-13(11)17-7-6-9-4-2-3-5-10(9)17/h8-10H,2-7H2,1H3. The fraction of sp³-hybridized carbons (Fsp3) is 0.692. The molecule has 0 radical (unpaired) electrons. The van der Waals surface area contributed by atoms with Crippen LogP contribution in [0.5, 0.6) is 5.75 Å². The Morgan fingerprint density at radius 2 is 2.11 bits per heavy atom. The lowest BCUT2D eigenvalue weighted by atomic mass is 9.85. The van der Waals surface area contributed by atoms with Crippen LogP contribution in [-0.4, -0.2) is 29.7 Å². The SMILES string of the molecule is COc1c(Cl)ncnc1N1CCC2CCCCC21. The first-order valence-electron chi connectivity index (χ1n) is 6.62. The van der Waals surface area contributed by atoms with Gasteiger partial charge >= 0.3 is 0 Å². The maximum absolute atomic E-state index is 6.08. The van der Waals surface area contributed by atoms with Gasteiger partial charge in [-0.05, 0) is 25.2 Å². The quantitative estimate of drug-likeness (QED) is 0.773. The number of aromatic nitrogens is 2. The first-order valence-corrected chi connectivity index (χ1v) is 7.00. The number of fused-ring (bicyclic) bond motifs is 1. The Morgan fingerprint density at radius 1 is 1.28 bits per heavy atom. The number of nitrogens with zero attached hydrogens (tertiary/aromatic N) is 3. The number of hydrogen-bond acceptors (Lipinski definition) is 4. The maximum atomic E-state index is 6.08. The van der Waals surface area contributed by atoms with Crippen molar-refractivity contribution in [3.63, 3.8) is 0 Å². The number of rotatable bonds is 2. The van der Waals surface area contributed by atoms with Gasteiger partial charge in [0.2, 0.25) is 0 Å². The molecule has 0 bridgehead atoms. The normalized spacial score (nSPS) is 27.1. The van der Waals surface area contributed by atoms with Gasteiger partial charge in [-0.1, -0.05) is 24.4 Å². The summed E-state index contributed by atoms with van der Waals surface area (Å²) in [6.07, 6.45) is 8.08. The fourth-order valence-corrected chi connectivity index (χ4v) is 3.60. The van der Waals surface area contributed by atoms with Gasteiger partial charge in [-0.2, -0.15) is 0 Å². The van der Waals surface area contributed by atoms with Gasteiger partial charge in [0.1, 0.15) is 6.33 Å². The Labute approximate surface area is 112 Å². The molecule has 1 saturated heterocycles. The summed E-state index contributed by atoms with van der Waals surface area (Å²) in [4.78, 5) is 10.7. The number of ether oxygens (including phenoxy) is 1. The second-order valence-electron chi connectivity index (χ2n) is 5.12. The number of halogens is 1. The van der Waals surface area contributed by atoms with Crippen LogP contribution in [0.4, 0.5) is 5.82 Å². The zero-order valence-corrected chi connectivity index (χ0v) is 11.4. The van der Waals surface area contributed by atoms with E-state index in [0.717, 1.165) is 18.3 Å². The Hall–Kier alpha value is -1.03. The molecule has 0 N–H and O–H groups in total. The van der Waals surface area contributed by atoms with Gasteiger partial charge in [0, 0.05) is 12.6 Å². The summed E-state index contributed by atoms with van der Waals surface area (Å²) < 4.78 is 5.37. The van der Waals surface area contributed by atoms with E-state index in [4.69, 9.17) is 16.3 Å². The fourth-order valence-electron chi connectivity index (χ4n) is 3.39. The van der Waals surface area contributed by atoms with Crippen molar-refractivity contribution in [2.75, 3.05) is 18.6 Å². The summed E-state index contributed by atoms with van der Waals surface area (Å²) in [6.45, 7) is 1.05. The first kappa shape index (κ1) is 12.0. The van der Waals surface area contributed by atoms with Crippen LogP contribution in [0.15, 0.2) is 6.33 Å². The second-order valence-corrected chi connectivity index (χ2v) is 5.47. The van der Waals surface area contributed by atoms with Crippen molar-refractivity contribution in [2.45, 2.75) is 38.1 Å². The first-order chi connectivity index (χ1) is 8.81. The zero-order chi connectivity index (χ0) is 12.5. The molecule has 0 amide bonds. The molecule has 1 saturated carbocycles. The van der Waals surface area contributed by atoms with E-state index in [1.807, 2.05) is 0 Å². The van der Waals surface area contributed by atoms with Gasteiger partial charge in [-0.15, -0.1) is 0 Å². The molecule has 3 rings (SSSR count). The van der Waals surface area contributed by atoms with Gasteiger partial charge < -0.3 is 9.64 Å². The molecule has 2 atom stereocenters. The smallest absolute Gasteiger partial charge is 0.199 e. The predicted molar refractivity (Wildman–Crippen MR) is 71.3 cm³/mol. The lowest BCUT2D eigenvalue weighted by Gasteiger charge is -2.32. The molecule has 2 heterocycles. The van der Waals surface area contributed by atoms with Crippen LogP contribution in [0.1, 0.15) is 32.1 Å². The minimum absolute atomic E-state index is 0.404. The number of anilines is 1.